The maximum absolute atomic E-state index is 12.9. The molecular formula is C19H20N4O3S. The van der Waals surface area contributed by atoms with Crippen LogP contribution in [0.3, 0.4) is 0 Å². The number of carbonyl (C=O) groups is 1. The summed E-state index contributed by atoms with van der Waals surface area (Å²) in [5, 5.41) is 3.10. The van der Waals surface area contributed by atoms with E-state index in [9.17, 15) is 4.79 Å². The molecule has 1 aliphatic heterocycles. The molecule has 1 saturated heterocycles. The monoisotopic (exact) mass is 384 g/mol. The Labute approximate surface area is 161 Å². The average molecular weight is 384 g/mol. The largest absolute Gasteiger partial charge is 0.493 e. The van der Waals surface area contributed by atoms with Crippen molar-refractivity contribution in [3.05, 3.63) is 41.5 Å². The van der Waals surface area contributed by atoms with Gasteiger partial charge in [-0.15, -0.1) is 11.3 Å². The third kappa shape index (κ3) is 3.28. The van der Waals surface area contributed by atoms with Crippen molar-refractivity contribution < 1.29 is 14.3 Å². The number of fused-ring (bicyclic) bond motifs is 1. The smallest absolute Gasteiger partial charge is 0.254 e. The van der Waals surface area contributed by atoms with Crippen LogP contribution in [0.1, 0.15) is 10.4 Å². The second-order valence-corrected chi connectivity index (χ2v) is 7.08. The van der Waals surface area contributed by atoms with Crippen molar-refractivity contribution in [1.82, 2.24) is 14.9 Å². The van der Waals surface area contributed by atoms with Crippen LogP contribution >= 0.6 is 11.3 Å². The number of piperazine rings is 1. The number of hydrogen-bond donors (Lipinski definition) is 0. The first-order valence-electron chi connectivity index (χ1n) is 8.65. The van der Waals surface area contributed by atoms with Crippen LogP contribution in [0.25, 0.3) is 10.2 Å². The lowest BCUT2D eigenvalue weighted by Gasteiger charge is -2.35. The van der Waals surface area contributed by atoms with Crippen LogP contribution in [0.5, 0.6) is 11.5 Å². The quantitative estimate of drug-likeness (QED) is 0.689. The molecule has 2 aromatic heterocycles. The van der Waals surface area contributed by atoms with Gasteiger partial charge in [0, 0.05) is 31.7 Å². The van der Waals surface area contributed by atoms with Gasteiger partial charge in [0.2, 0.25) is 0 Å². The molecule has 7 nitrogen and oxygen atoms in total. The van der Waals surface area contributed by atoms with Gasteiger partial charge >= 0.3 is 0 Å². The van der Waals surface area contributed by atoms with E-state index in [2.05, 4.69) is 20.9 Å². The number of ether oxygens (including phenoxy) is 2. The van der Waals surface area contributed by atoms with Gasteiger partial charge in [0.1, 0.15) is 17.0 Å². The predicted molar refractivity (Wildman–Crippen MR) is 105 cm³/mol. The highest BCUT2D eigenvalue weighted by Gasteiger charge is 2.24. The van der Waals surface area contributed by atoms with Gasteiger partial charge in [0.05, 0.1) is 19.6 Å². The summed E-state index contributed by atoms with van der Waals surface area (Å²) in [7, 11) is 3.15. The number of carbonyl (C=O) groups excluding carboxylic acids is 1. The second-order valence-electron chi connectivity index (χ2n) is 6.19. The van der Waals surface area contributed by atoms with Gasteiger partial charge in [-0.25, -0.2) is 9.97 Å². The third-order valence-corrected chi connectivity index (χ3v) is 5.56. The molecule has 3 aromatic rings. The Kier molecular flexibility index (Phi) is 4.81. The predicted octanol–water partition coefficient (Wildman–Crippen LogP) is 2.67. The fourth-order valence-electron chi connectivity index (χ4n) is 3.30. The summed E-state index contributed by atoms with van der Waals surface area (Å²) in [6.45, 7) is 2.76. The summed E-state index contributed by atoms with van der Waals surface area (Å²) in [6, 6.07) is 7.31. The second kappa shape index (κ2) is 7.40. The first-order valence-corrected chi connectivity index (χ1v) is 9.53. The van der Waals surface area contributed by atoms with Gasteiger partial charge < -0.3 is 19.3 Å². The number of hydrogen-bond acceptors (Lipinski definition) is 7. The SMILES string of the molecule is COc1ccc(C(=O)N2CCN(c3ncnc4sccc34)CC2)cc1OC. The maximum Gasteiger partial charge on any atom is 0.254 e. The first-order chi connectivity index (χ1) is 13.2. The highest BCUT2D eigenvalue weighted by atomic mass is 32.1. The molecule has 0 aliphatic carbocycles. The van der Waals surface area contributed by atoms with Crippen molar-refractivity contribution in [3.8, 4) is 11.5 Å². The summed E-state index contributed by atoms with van der Waals surface area (Å²) >= 11 is 1.61. The standard InChI is InChI=1S/C19H20N4O3S/c1-25-15-4-3-13(11-16(15)26-2)19(24)23-8-6-22(7-9-23)17-14-5-10-27-18(14)21-12-20-17/h3-5,10-12H,6-9H2,1-2H3. The molecule has 1 amide bonds. The first kappa shape index (κ1) is 17.5. The Morgan fingerprint density at radius 2 is 1.81 bits per heavy atom. The summed E-state index contributed by atoms with van der Waals surface area (Å²) < 4.78 is 10.5. The van der Waals surface area contributed by atoms with E-state index >= 15 is 0 Å². The molecule has 1 fully saturated rings. The minimum Gasteiger partial charge on any atom is -0.493 e. The zero-order valence-corrected chi connectivity index (χ0v) is 16.0. The Hall–Kier alpha value is -2.87. The van der Waals surface area contributed by atoms with Crippen LogP contribution in [-0.2, 0) is 0 Å². The molecule has 0 unspecified atom stereocenters. The van der Waals surface area contributed by atoms with Gasteiger partial charge in [-0.05, 0) is 29.6 Å². The Balaban J connectivity index is 1.47. The lowest BCUT2D eigenvalue weighted by Crippen LogP contribution is -2.49. The molecule has 3 heterocycles. The average Bonchev–Trinajstić information content (AvgIpc) is 3.22. The van der Waals surface area contributed by atoms with Crippen LogP contribution < -0.4 is 14.4 Å². The maximum atomic E-state index is 12.9. The molecule has 1 aromatic carbocycles. The number of benzene rings is 1. The van der Waals surface area contributed by atoms with Crippen LogP contribution in [0, 0.1) is 0 Å². The molecule has 0 N–H and O–H groups in total. The van der Waals surface area contributed by atoms with Crippen molar-refractivity contribution in [2.45, 2.75) is 0 Å². The minimum atomic E-state index is -0.000953. The van der Waals surface area contributed by atoms with Crippen LogP contribution in [0.2, 0.25) is 0 Å². The number of amides is 1. The van der Waals surface area contributed by atoms with Crippen LogP contribution in [-0.4, -0.2) is 61.2 Å². The van der Waals surface area contributed by atoms with E-state index in [1.54, 1.807) is 50.1 Å². The molecule has 0 bridgehead atoms. The fraction of sp³-hybridized carbons (Fsp3) is 0.316. The molecule has 140 valence electrons. The molecule has 8 heteroatoms. The van der Waals surface area contributed by atoms with E-state index in [1.165, 1.54) is 0 Å². The van der Waals surface area contributed by atoms with Crippen molar-refractivity contribution in [2.75, 3.05) is 45.3 Å². The molecular weight excluding hydrogens is 364 g/mol. The number of thiophene rings is 1. The topological polar surface area (TPSA) is 67.8 Å². The van der Waals surface area contributed by atoms with Crippen molar-refractivity contribution in [3.63, 3.8) is 0 Å². The zero-order valence-electron chi connectivity index (χ0n) is 15.2. The lowest BCUT2D eigenvalue weighted by atomic mass is 10.1. The summed E-state index contributed by atoms with van der Waals surface area (Å²) in [5.74, 6) is 2.11. The lowest BCUT2D eigenvalue weighted by molar-refractivity contribution is 0.0746. The molecule has 0 atom stereocenters. The summed E-state index contributed by atoms with van der Waals surface area (Å²) in [6.07, 6.45) is 1.61. The summed E-state index contributed by atoms with van der Waals surface area (Å²) in [5.41, 5.74) is 0.600. The van der Waals surface area contributed by atoms with Crippen LogP contribution in [0.15, 0.2) is 36.0 Å². The molecule has 0 radical (unpaired) electrons. The van der Waals surface area contributed by atoms with E-state index in [0.29, 0.717) is 30.2 Å². The number of nitrogens with zero attached hydrogens (tertiary/aromatic N) is 4. The molecule has 1 aliphatic rings. The highest BCUT2D eigenvalue weighted by Crippen LogP contribution is 2.29. The van der Waals surface area contributed by atoms with Gasteiger partial charge in [-0.2, -0.15) is 0 Å². The highest BCUT2D eigenvalue weighted by molar-refractivity contribution is 7.16. The number of aromatic nitrogens is 2. The van der Waals surface area contributed by atoms with E-state index in [0.717, 1.165) is 29.1 Å². The van der Waals surface area contributed by atoms with Crippen molar-refractivity contribution >= 4 is 33.3 Å². The van der Waals surface area contributed by atoms with E-state index in [1.807, 2.05) is 10.3 Å². The number of methoxy groups -OCH3 is 2. The van der Waals surface area contributed by atoms with Gasteiger partial charge in [0.25, 0.3) is 5.91 Å². The summed E-state index contributed by atoms with van der Waals surface area (Å²) in [4.78, 5) is 26.7. The molecule has 0 spiro atoms. The molecule has 27 heavy (non-hydrogen) atoms. The van der Waals surface area contributed by atoms with E-state index < -0.39 is 0 Å². The zero-order chi connectivity index (χ0) is 18.8. The molecule has 4 rings (SSSR count). The normalized spacial score (nSPS) is 14.4. The minimum absolute atomic E-state index is 0.000953. The Morgan fingerprint density at radius 3 is 2.56 bits per heavy atom. The van der Waals surface area contributed by atoms with E-state index in [4.69, 9.17) is 9.47 Å². The van der Waals surface area contributed by atoms with Gasteiger partial charge in [-0.3, -0.25) is 4.79 Å². The molecule has 0 saturated carbocycles. The van der Waals surface area contributed by atoms with Crippen molar-refractivity contribution in [2.24, 2.45) is 0 Å². The van der Waals surface area contributed by atoms with E-state index in [-0.39, 0.29) is 5.91 Å². The van der Waals surface area contributed by atoms with Crippen LogP contribution in [0.4, 0.5) is 5.82 Å². The fourth-order valence-corrected chi connectivity index (χ4v) is 4.03. The van der Waals surface area contributed by atoms with Gasteiger partial charge in [-0.1, -0.05) is 0 Å². The third-order valence-electron chi connectivity index (χ3n) is 4.74. The Bertz CT molecular complexity index is 966. The van der Waals surface area contributed by atoms with Crippen molar-refractivity contribution in [1.29, 1.82) is 0 Å². The number of anilines is 1. The Morgan fingerprint density at radius 1 is 1.04 bits per heavy atom. The number of rotatable bonds is 4. The van der Waals surface area contributed by atoms with Gasteiger partial charge in [0.15, 0.2) is 11.5 Å².